The molecule has 11 heteroatoms. The molecule has 0 unspecified atom stereocenters. The number of methoxy groups -OCH3 is 1. The lowest BCUT2D eigenvalue weighted by Gasteiger charge is -2.19. The minimum absolute atomic E-state index is 0.0340. The summed E-state index contributed by atoms with van der Waals surface area (Å²) < 4.78 is 46.7. The molecule has 0 bridgehead atoms. The maximum atomic E-state index is 13.8. The molecule has 0 atom stereocenters. The number of hydrogen-bond acceptors (Lipinski definition) is 4. The van der Waals surface area contributed by atoms with Crippen LogP contribution in [0.5, 0.6) is 5.75 Å². The zero-order chi connectivity index (χ0) is 30.4. The summed E-state index contributed by atoms with van der Waals surface area (Å²) in [6.45, 7) is 0.0476. The molecular weight excluding hydrogens is 592 g/mol. The predicted molar refractivity (Wildman–Crippen MR) is 157 cm³/mol. The monoisotopic (exact) mass is 616 g/mol. The van der Waals surface area contributed by atoms with E-state index in [9.17, 15) is 22.8 Å². The Labute approximate surface area is 250 Å². The summed E-state index contributed by atoms with van der Waals surface area (Å²) in [6.07, 6.45) is -4.86. The molecule has 0 heterocycles. The molecule has 0 saturated carbocycles. The number of carboxylic acid groups (broad SMARTS) is 1. The molecular formula is C31H25Cl2F3N2O4. The maximum Gasteiger partial charge on any atom is 0.416 e. The molecule has 0 saturated heterocycles. The molecule has 218 valence electrons. The Morgan fingerprint density at radius 3 is 2.12 bits per heavy atom. The highest BCUT2D eigenvalue weighted by Gasteiger charge is 2.33. The summed E-state index contributed by atoms with van der Waals surface area (Å²) in [5.41, 5.74) is 2.80. The second-order valence-corrected chi connectivity index (χ2v) is 10.1. The molecule has 0 aliphatic heterocycles. The van der Waals surface area contributed by atoms with Crippen LogP contribution in [-0.2, 0) is 17.5 Å². The number of anilines is 1. The molecule has 0 spiro atoms. The zero-order valence-electron chi connectivity index (χ0n) is 22.2. The fourth-order valence-corrected chi connectivity index (χ4v) is 4.71. The summed E-state index contributed by atoms with van der Waals surface area (Å²) >= 11 is 12.5. The van der Waals surface area contributed by atoms with Crippen LogP contribution in [0, 0.1) is 0 Å². The molecule has 4 rings (SSSR count). The van der Waals surface area contributed by atoms with Gasteiger partial charge in [0.25, 0.3) is 5.91 Å². The molecule has 42 heavy (non-hydrogen) atoms. The first-order chi connectivity index (χ1) is 20.0. The number of aliphatic carboxylic acids is 1. The third kappa shape index (κ3) is 7.54. The van der Waals surface area contributed by atoms with Gasteiger partial charge < -0.3 is 20.5 Å². The SMILES string of the molecule is COc1cc(C(F)(F)F)cc(-c2ccc(C(=O)NCCC(=O)O)cc2)c1CNc1ccc(-c2ccc(Cl)cc2)c(Cl)c1. The minimum atomic E-state index is -4.62. The average Bonchev–Trinajstić information content (AvgIpc) is 2.95. The smallest absolute Gasteiger partial charge is 0.416 e. The van der Waals surface area contributed by atoms with Gasteiger partial charge in [0, 0.05) is 40.5 Å². The van der Waals surface area contributed by atoms with E-state index in [1.807, 2.05) is 24.3 Å². The van der Waals surface area contributed by atoms with Gasteiger partial charge in [0.15, 0.2) is 0 Å². The van der Waals surface area contributed by atoms with Crippen LogP contribution in [0.1, 0.15) is 27.9 Å². The topological polar surface area (TPSA) is 87.7 Å². The van der Waals surface area contributed by atoms with Crippen LogP contribution in [0.15, 0.2) is 78.9 Å². The van der Waals surface area contributed by atoms with E-state index in [0.29, 0.717) is 26.9 Å². The van der Waals surface area contributed by atoms with Crippen LogP contribution in [0.2, 0.25) is 10.0 Å². The molecule has 0 aromatic heterocycles. The first-order valence-corrected chi connectivity index (χ1v) is 13.4. The van der Waals surface area contributed by atoms with Gasteiger partial charge in [-0.05, 0) is 65.2 Å². The van der Waals surface area contributed by atoms with Gasteiger partial charge in [-0.3, -0.25) is 9.59 Å². The van der Waals surface area contributed by atoms with E-state index in [2.05, 4.69) is 10.6 Å². The van der Waals surface area contributed by atoms with Gasteiger partial charge in [-0.25, -0.2) is 0 Å². The number of hydrogen-bond donors (Lipinski definition) is 3. The third-order valence-electron chi connectivity index (χ3n) is 6.43. The van der Waals surface area contributed by atoms with E-state index in [0.717, 1.165) is 23.3 Å². The van der Waals surface area contributed by atoms with E-state index in [1.54, 1.807) is 18.2 Å². The standard InChI is InChI=1S/C31H25Cl2F3N2O4/c1-42-28-15-21(31(34,35)36)14-25(19-2-4-20(5-3-19)30(41)37-13-12-29(39)40)26(28)17-38-23-10-11-24(27(33)16-23)18-6-8-22(32)9-7-18/h2-11,14-16,38H,12-13,17H2,1H3,(H,37,41)(H,39,40). The number of amides is 1. The Kier molecular flexibility index (Phi) is 9.65. The number of benzene rings is 4. The zero-order valence-corrected chi connectivity index (χ0v) is 23.7. The quantitative estimate of drug-likeness (QED) is 0.167. The molecule has 0 aliphatic carbocycles. The fourth-order valence-electron chi connectivity index (χ4n) is 4.30. The normalized spacial score (nSPS) is 11.2. The van der Waals surface area contributed by atoms with Gasteiger partial charge in [0.1, 0.15) is 5.75 Å². The van der Waals surface area contributed by atoms with E-state index in [4.69, 9.17) is 33.0 Å². The molecule has 0 aliphatic rings. The van der Waals surface area contributed by atoms with Gasteiger partial charge in [0.2, 0.25) is 0 Å². The summed E-state index contributed by atoms with van der Waals surface area (Å²) in [5, 5.41) is 15.5. The van der Waals surface area contributed by atoms with Gasteiger partial charge in [-0.1, -0.05) is 53.5 Å². The van der Waals surface area contributed by atoms with E-state index in [-0.39, 0.29) is 36.4 Å². The Morgan fingerprint density at radius 1 is 0.881 bits per heavy atom. The summed E-state index contributed by atoms with van der Waals surface area (Å²) in [4.78, 5) is 23.0. The van der Waals surface area contributed by atoms with Crippen molar-refractivity contribution >= 4 is 40.8 Å². The number of ether oxygens (including phenoxy) is 1. The molecule has 4 aromatic carbocycles. The fraction of sp³-hybridized carbons (Fsp3) is 0.161. The van der Waals surface area contributed by atoms with Gasteiger partial charge >= 0.3 is 12.1 Å². The number of carbonyl (C=O) groups excluding carboxylic acids is 1. The van der Waals surface area contributed by atoms with Crippen molar-refractivity contribution in [3.05, 3.63) is 106 Å². The summed E-state index contributed by atoms with van der Waals surface area (Å²) in [5.74, 6) is -1.51. The third-order valence-corrected chi connectivity index (χ3v) is 7.00. The number of rotatable bonds is 10. The second kappa shape index (κ2) is 13.2. The second-order valence-electron chi connectivity index (χ2n) is 9.23. The lowest BCUT2D eigenvalue weighted by molar-refractivity contribution is -0.138. The molecule has 1 amide bonds. The first-order valence-electron chi connectivity index (χ1n) is 12.6. The van der Waals surface area contributed by atoms with Crippen molar-refractivity contribution in [2.24, 2.45) is 0 Å². The highest BCUT2D eigenvalue weighted by atomic mass is 35.5. The van der Waals surface area contributed by atoms with Gasteiger partial charge in [0.05, 0.1) is 24.1 Å². The van der Waals surface area contributed by atoms with Crippen LogP contribution in [0.3, 0.4) is 0 Å². The van der Waals surface area contributed by atoms with Crippen molar-refractivity contribution in [3.63, 3.8) is 0 Å². The van der Waals surface area contributed by atoms with Gasteiger partial charge in [-0.2, -0.15) is 13.2 Å². The van der Waals surface area contributed by atoms with Crippen molar-refractivity contribution in [2.45, 2.75) is 19.1 Å². The Bertz CT molecular complexity index is 1590. The number of alkyl halides is 3. The van der Waals surface area contributed by atoms with Crippen molar-refractivity contribution in [1.82, 2.24) is 5.32 Å². The first kappa shape index (κ1) is 30.7. The number of carbonyl (C=O) groups is 2. The Hall–Kier alpha value is -4.21. The summed E-state index contributed by atoms with van der Waals surface area (Å²) in [6, 6.07) is 20.6. The lowest BCUT2D eigenvalue weighted by Crippen LogP contribution is -2.25. The number of halogens is 5. The highest BCUT2D eigenvalue weighted by molar-refractivity contribution is 6.33. The predicted octanol–water partition coefficient (Wildman–Crippen LogP) is 8.17. The average molecular weight is 617 g/mol. The van der Waals surface area contributed by atoms with Crippen molar-refractivity contribution < 1.29 is 32.6 Å². The molecule has 3 N–H and O–H groups in total. The summed E-state index contributed by atoms with van der Waals surface area (Å²) in [7, 11) is 1.30. The van der Waals surface area contributed by atoms with Crippen LogP contribution in [0.4, 0.5) is 18.9 Å². The van der Waals surface area contributed by atoms with Crippen molar-refractivity contribution in [3.8, 4) is 28.0 Å². The van der Waals surface area contributed by atoms with Crippen LogP contribution in [-0.4, -0.2) is 30.6 Å². The van der Waals surface area contributed by atoms with Gasteiger partial charge in [-0.15, -0.1) is 0 Å². The molecule has 6 nitrogen and oxygen atoms in total. The molecule has 0 radical (unpaired) electrons. The largest absolute Gasteiger partial charge is 0.496 e. The van der Waals surface area contributed by atoms with Crippen LogP contribution in [0.25, 0.3) is 22.3 Å². The Balaban J connectivity index is 1.63. The Morgan fingerprint density at radius 2 is 1.52 bits per heavy atom. The number of carboxylic acids is 1. The number of nitrogens with one attached hydrogen (secondary N) is 2. The lowest BCUT2D eigenvalue weighted by atomic mass is 9.95. The van der Waals surface area contributed by atoms with Crippen LogP contribution < -0.4 is 15.4 Å². The molecule has 4 aromatic rings. The maximum absolute atomic E-state index is 13.8. The molecule has 0 fully saturated rings. The van der Waals surface area contributed by atoms with Crippen LogP contribution >= 0.6 is 23.2 Å². The van der Waals surface area contributed by atoms with E-state index in [1.165, 1.54) is 31.4 Å². The van der Waals surface area contributed by atoms with Crippen molar-refractivity contribution in [2.75, 3.05) is 19.0 Å². The highest BCUT2D eigenvalue weighted by Crippen LogP contribution is 2.40. The van der Waals surface area contributed by atoms with E-state index >= 15 is 0 Å². The van der Waals surface area contributed by atoms with Crippen molar-refractivity contribution in [1.29, 1.82) is 0 Å². The van der Waals surface area contributed by atoms with E-state index < -0.39 is 23.6 Å². The minimum Gasteiger partial charge on any atom is -0.496 e.